The molecule has 0 aliphatic rings. The zero-order valence-electron chi connectivity index (χ0n) is 12.8. The van der Waals surface area contributed by atoms with Gasteiger partial charge in [-0.2, -0.15) is 0 Å². The number of rotatable bonds is 4. The van der Waals surface area contributed by atoms with E-state index in [1.165, 1.54) is 0 Å². The van der Waals surface area contributed by atoms with Gasteiger partial charge < -0.3 is 9.47 Å². The van der Waals surface area contributed by atoms with Crippen LogP contribution in [0.3, 0.4) is 0 Å². The van der Waals surface area contributed by atoms with Gasteiger partial charge in [0.1, 0.15) is 11.5 Å². The molecule has 1 N–H and O–H groups in total. The maximum Gasteiger partial charge on any atom is 0.417 e. The number of nitrogens with one attached hydrogen (secondary N) is 1. The van der Waals surface area contributed by atoms with Gasteiger partial charge in [-0.05, 0) is 56.2 Å². The molecule has 1 amide bonds. The maximum absolute atomic E-state index is 12.0. The second-order valence-corrected chi connectivity index (χ2v) is 5.19. The quantitative estimate of drug-likeness (QED) is 0.865. The number of halogens is 1. The second kappa shape index (κ2) is 7.18. The normalized spacial score (nSPS) is 10.2. The van der Waals surface area contributed by atoms with Crippen LogP contribution in [0.4, 0.5) is 10.5 Å². The predicted octanol–water partition coefficient (Wildman–Crippen LogP) is 4.97. The van der Waals surface area contributed by atoms with E-state index >= 15 is 0 Å². The molecule has 116 valence electrons. The van der Waals surface area contributed by atoms with Crippen molar-refractivity contribution in [1.29, 1.82) is 0 Å². The average molecular weight is 320 g/mol. The molecule has 2 aromatic carbocycles. The Morgan fingerprint density at radius 1 is 1.18 bits per heavy atom. The summed E-state index contributed by atoms with van der Waals surface area (Å²) in [5.74, 6) is 1.05. The van der Waals surface area contributed by atoms with Crippen molar-refractivity contribution in [2.45, 2.75) is 20.8 Å². The average Bonchev–Trinajstić information content (AvgIpc) is 2.47. The molecular weight excluding hydrogens is 302 g/mol. The number of carbonyl (C=O) groups is 1. The Labute approximate surface area is 135 Å². The molecule has 0 aliphatic heterocycles. The van der Waals surface area contributed by atoms with Crippen LogP contribution in [-0.2, 0) is 0 Å². The number of para-hydroxylation sites is 2. The van der Waals surface area contributed by atoms with Crippen LogP contribution in [0.2, 0.25) is 5.02 Å². The van der Waals surface area contributed by atoms with Crippen LogP contribution in [0.5, 0.6) is 11.5 Å². The molecule has 0 saturated carbocycles. The minimum atomic E-state index is -0.576. The van der Waals surface area contributed by atoms with Crippen LogP contribution < -0.4 is 14.8 Å². The van der Waals surface area contributed by atoms with Gasteiger partial charge >= 0.3 is 6.09 Å². The first-order valence-electron chi connectivity index (χ1n) is 6.98. The summed E-state index contributed by atoms with van der Waals surface area (Å²) in [5.41, 5.74) is 2.29. The van der Waals surface area contributed by atoms with Crippen LogP contribution in [0.1, 0.15) is 18.1 Å². The topological polar surface area (TPSA) is 47.6 Å². The van der Waals surface area contributed by atoms with E-state index in [4.69, 9.17) is 21.1 Å². The van der Waals surface area contributed by atoms with Crippen LogP contribution in [0, 0.1) is 13.8 Å². The summed E-state index contributed by atoms with van der Waals surface area (Å²) < 4.78 is 10.8. The summed E-state index contributed by atoms with van der Waals surface area (Å²) in [4.78, 5) is 12.0. The third-order valence-corrected chi connectivity index (χ3v) is 3.64. The SMILES string of the molecule is CCOc1ccccc1NC(=O)Oc1cc(C)c(Cl)c(C)c1. The van der Waals surface area contributed by atoms with E-state index in [9.17, 15) is 4.79 Å². The zero-order valence-corrected chi connectivity index (χ0v) is 13.5. The number of benzene rings is 2. The lowest BCUT2D eigenvalue weighted by atomic mass is 10.1. The molecule has 2 rings (SSSR count). The van der Waals surface area contributed by atoms with Crippen molar-refractivity contribution in [3.63, 3.8) is 0 Å². The lowest BCUT2D eigenvalue weighted by Crippen LogP contribution is -2.17. The number of hydrogen-bond donors (Lipinski definition) is 1. The minimum absolute atomic E-state index is 0.450. The molecule has 0 radical (unpaired) electrons. The van der Waals surface area contributed by atoms with Crippen LogP contribution in [0.15, 0.2) is 36.4 Å². The van der Waals surface area contributed by atoms with Gasteiger partial charge in [0, 0.05) is 5.02 Å². The van der Waals surface area contributed by atoms with Crippen molar-refractivity contribution in [2.75, 3.05) is 11.9 Å². The van der Waals surface area contributed by atoms with E-state index in [1.807, 2.05) is 32.9 Å². The van der Waals surface area contributed by atoms with Crippen molar-refractivity contribution < 1.29 is 14.3 Å². The van der Waals surface area contributed by atoms with E-state index in [0.29, 0.717) is 28.8 Å². The van der Waals surface area contributed by atoms with Gasteiger partial charge in [-0.3, -0.25) is 5.32 Å². The van der Waals surface area contributed by atoms with Crippen molar-refractivity contribution in [3.8, 4) is 11.5 Å². The van der Waals surface area contributed by atoms with Crippen molar-refractivity contribution in [2.24, 2.45) is 0 Å². The first-order chi connectivity index (χ1) is 10.5. The van der Waals surface area contributed by atoms with Gasteiger partial charge in [0.25, 0.3) is 0 Å². The van der Waals surface area contributed by atoms with E-state index in [2.05, 4.69) is 5.32 Å². The first-order valence-corrected chi connectivity index (χ1v) is 7.36. The summed E-state index contributed by atoms with van der Waals surface area (Å²) in [6, 6.07) is 10.6. The highest BCUT2D eigenvalue weighted by Gasteiger charge is 2.11. The van der Waals surface area contributed by atoms with Crippen molar-refractivity contribution in [3.05, 3.63) is 52.5 Å². The Balaban J connectivity index is 2.11. The Bertz CT molecular complexity index is 662. The lowest BCUT2D eigenvalue weighted by molar-refractivity contribution is 0.215. The van der Waals surface area contributed by atoms with Gasteiger partial charge in [0.15, 0.2) is 0 Å². The molecule has 0 bridgehead atoms. The Hall–Kier alpha value is -2.20. The second-order valence-electron chi connectivity index (χ2n) is 4.81. The molecule has 0 aliphatic carbocycles. The number of ether oxygens (including phenoxy) is 2. The van der Waals surface area contributed by atoms with E-state index in [0.717, 1.165) is 11.1 Å². The molecule has 0 atom stereocenters. The smallest absolute Gasteiger partial charge is 0.417 e. The number of aryl methyl sites for hydroxylation is 2. The fraction of sp³-hybridized carbons (Fsp3) is 0.235. The molecular formula is C17H18ClNO3. The number of carbonyl (C=O) groups excluding carboxylic acids is 1. The maximum atomic E-state index is 12.0. The summed E-state index contributed by atoms with van der Waals surface area (Å²) >= 11 is 6.10. The molecule has 0 saturated heterocycles. The first kappa shape index (κ1) is 16.2. The minimum Gasteiger partial charge on any atom is -0.492 e. The fourth-order valence-electron chi connectivity index (χ4n) is 2.06. The van der Waals surface area contributed by atoms with Crippen LogP contribution in [-0.4, -0.2) is 12.7 Å². The molecule has 2 aromatic rings. The summed E-state index contributed by atoms with van der Waals surface area (Å²) in [6.07, 6.45) is -0.576. The van der Waals surface area contributed by atoms with Crippen LogP contribution >= 0.6 is 11.6 Å². The summed E-state index contributed by atoms with van der Waals surface area (Å²) in [6.45, 7) is 6.13. The summed E-state index contributed by atoms with van der Waals surface area (Å²) in [5, 5.41) is 3.35. The third kappa shape index (κ3) is 3.92. The lowest BCUT2D eigenvalue weighted by Gasteiger charge is -2.12. The summed E-state index contributed by atoms with van der Waals surface area (Å²) in [7, 11) is 0. The molecule has 0 spiro atoms. The largest absolute Gasteiger partial charge is 0.492 e. The highest BCUT2D eigenvalue weighted by atomic mass is 35.5. The molecule has 0 heterocycles. The molecule has 0 aromatic heterocycles. The van der Waals surface area contributed by atoms with Gasteiger partial charge in [0.2, 0.25) is 0 Å². The Kier molecular flexibility index (Phi) is 5.28. The highest BCUT2D eigenvalue weighted by molar-refractivity contribution is 6.32. The molecule has 5 heteroatoms. The third-order valence-electron chi connectivity index (χ3n) is 3.04. The number of hydrogen-bond acceptors (Lipinski definition) is 3. The van der Waals surface area contributed by atoms with Crippen LogP contribution in [0.25, 0.3) is 0 Å². The molecule has 22 heavy (non-hydrogen) atoms. The highest BCUT2D eigenvalue weighted by Crippen LogP contribution is 2.27. The molecule has 4 nitrogen and oxygen atoms in total. The van der Waals surface area contributed by atoms with E-state index in [-0.39, 0.29) is 0 Å². The molecule has 0 fully saturated rings. The fourth-order valence-corrected chi connectivity index (χ4v) is 2.17. The van der Waals surface area contributed by atoms with Gasteiger partial charge in [0.05, 0.1) is 12.3 Å². The van der Waals surface area contributed by atoms with Crippen molar-refractivity contribution >= 4 is 23.4 Å². The Morgan fingerprint density at radius 3 is 2.45 bits per heavy atom. The number of anilines is 1. The molecule has 0 unspecified atom stereocenters. The van der Waals surface area contributed by atoms with Gasteiger partial charge in [-0.15, -0.1) is 0 Å². The van der Waals surface area contributed by atoms with Gasteiger partial charge in [-0.1, -0.05) is 23.7 Å². The van der Waals surface area contributed by atoms with E-state index < -0.39 is 6.09 Å². The standard InChI is InChI=1S/C17H18ClNO3/c1-4-21-15-8-6-5-7-14(15)19-17(20)22-13-9-11(2)16(18)12(3)10-13/h5-10H,4H2,1-3H3,(H,19,20). The zero-order chi connectivity index (χ0) is 16.1. The predicted molar refractivity (Wildman–Crippen MR) is 88.2 cm³/mol. The van der Waals surface area contributed by atoms with Crippen molar-refractivity contribution in [1.82, 2.24) is 0 Å². The van der Waals surface area contributed by atoms with Gasteiger partial charge in [-0.25, -0.2) is 4.79 Å². The van der Waals surface area contributed by atoms with E-state index in [1.54, 1.807) is 24.3 Å². The monoisotopic (exact) mass is 319 g/mol. The number of amides is 1. The Morgan fingerprint density at radius 2 is 1.82 bits per heavy atom.